The summed E-state index contributed by atoms with van der Waals surface area (Å²) in [5.41, 5.74) is -2.65. The van der Waals surface area contributed by atoms with Crippen molar-refractivity contribution in [2.24, 2.45) is 0 Å². The van der Waals surface area contributed by atoms with Crippen LogP contribution in [0.1, 0.15) is 53.2 Å². The Morgan fingerprint density at radius 2 is 1.86 bits per heavy atom. The maximum atomic E-state index is 12.6. The molecule has 168 valence electrons. The predicted molar refractivity (Wildman–Crippen MR) is 105 cm³/mol. The predicted octanol–water partition coefficient (Wildman–Crippen LogP) is 0.284. The number of aliphatic hydroxyl groups excluding tert-OH is 2. The smallest absolute Gasteiger partial charge is 0.359 e. The van der Waals surface area contributed by atoms with Gasteiger partial charge in [-0.2, -0.15) is 0 Å². The minimum atomic E-state index is -4.38. The van der Waals surface area contributed by atoms with Crippen LogP contribution in [0.15, 0.2) is 21.9 Å². The van der Waals surface area contributed by atoms with Crippen LogP contribution in [0, 0.1) is 0 Å². The zero-order valence-corrected chi connectivity index (χ0v) is 18.0. The van der Waals surface area contributed by atoms with Crippen molar-refractivity contribution in [3.05, 3.63) is 33.1 Å². The van der Waals surface area contributed by atoms with E-state index >= 15 is 0 Å². The second-order valence-electron chi connectivity index (χ2n) is 7.34. The van der Waals surface area contributed by atoms with Crippen LogP contribution in [0.25, 0.3) is 0 Å². The number of nitrogens with one attached hydrogen (secondary N) is 1. The van der Waals surface area contributed by atoms with Gasteiger partial charge in [-0.25, -0.2) is 4.79 Å². The lowest BCUT2D eigenvalue weighted by Crippen LogP contribution is -2.40. The molecule has 29 heavy (non-hydrogen) atoms. The van der Waals surface area contributed by atoms with Gasteiger partial charge in [0.2, 0.25) is 0 Å². The fourth-order valence-corrected chi connectivity index (χ4v) is 4.37. The standard InChI is InChI=1S/C17H31N2O9P/c1-5-17(24,6-2)29(25,26)28-16(3,4)8-10-27-14(12(21)11-20)19-9-7-13(22)18-15(19)23/h7,9,12,14,20-21,24H,5-6,8,10-11H2,1-4H3,(H,25,26)(H,18,22,23)/t12-,14-/m1/s1. The molecule has 1 heterocycles. The highest BCUT2D eigenvalue weighted by molar-refractivity contribution is 7.54. The summed E-state index contributed by atoms with van der Waals surface area (Å²) in [5.74, 6) is 0. The highest BCUT2D eigenvalue weighted by Crippen LogP contribution is 2.59. The fourth-order valence-electron chi connectivity index (χ4n) is 2.64. The minimum absolute atomic E-state index is 0.0315. The summed E-state index contributed by atoms with van der Waals surface area (Å²) in [6, 6.07) is 1.06. The average molecular weight is 438 g/mol. The van der Waals surface area contributed by atoms with Gasteiger partial charge in [-0.05, 0) is 33.1 Å². The first-order valence-electron chi connectivity index (χ1n) is 9.30. The quantitative estimate of drug-likeness (QED) is 0.288. The van der Waals surface area contributed by atoms with Gasteiger partial charge >= 0.3 is 13.3 Å². The van der Waals surface area contributed by atoms with Crippen LogP contribution in [0.4, 0.5) is 0 Å². The van der Waals surface area contributed by atoms with Gasteiger partial charge in [0.25, 0.3) is 5.56 Å². The van der Waals surface area contributed by atoms with Gasteiger partial charge in [-0.1, -0.05) is 13.8 Å². The molecule has 1 aromatic heterocycles. The molecule has 3 atom stereocenters. The number of aromatic nitrogens is 2. The molecule has 0 bridgehead atoms. The van der Waals surface area contributed by atoms with Crippen LogP contribution in [-0.4, -0.2) is 60.0 Å². The Kier molecular flexibility index (Phi) is 8.97. The van der Waals surface area contributed by atoms with E-state index in [1.54, 1.807) is 13.8 Å². The summed E-state index contributed by atoms with van der Waals surface area (Å²) in [5, 5.41) is 27.7. The highest BCUT2D eigenvalue weighted by Gasteiger charge is 2.47. The van der Waals surface area contributed by atoms with Crippen molar-refractivity contribution >= 4 is 7.60 Å². The second-order valence-corrected chi connectivity index (χ2v) is 9.40. The molecule has 0 fully saturated rings. The number of hydrogen-bond acceptors (Lipinski definition) is 8. The Morgan fingerprint density at radius 3 is 2.34 bits per heavy atom. The molecule has 0 aromatic carbocycles. The molecule has 0 saturated carbocycles. The summed E-state index contributed by atoms with van der Waals surface area (Å²) in [4.78, 5) is 35.4. The third-order valence-corrected chi connectivity index (χ3v) is 7.09. The van der Waals surface area contributed by atoms with E-state index < -0.39 is 48.7 Å². The van der Waals surface area contributed by atoms with E-state index in [1.165, 1.54) is 13.8 Å². The SMILES string of the molecule is CCC(O)(CC)P(=O)(O)OC(C)(C)CCO[C@H]([C@H](O)CO)n1ccc(=O)[nH]c1=O. The molecule has 0 saturated heterocycles. The van der Waals surface area contributed by atoms with Gasteiger partial charge in [-0.3, -0.25) is 18.9 Å². The summed E-state index contributed by atoms with van der Waals surface area (Å²) in [7, 11) is -4.38. The van der Waals surface area contributed by atoms with E-state index in [0.29, 0.717) is 0 Å². The normalized spacial score (nSPS) is 17.0. The summed E-state index contributed by atoms with van der Waals surface area (Å²) < 4.78 is 24.3. The topological polar surface area (TPSA) is 171 Å². The summed E-state index contributed by atoms with van der Waals surface area (Å²) >= 11 is 0. The molecule has 12 heteroatoms. The van der Waals surface area contributed by atoms with Crippen molar-refractivity contribution in [3.63, 3.8) is 0 Å². The number of hydrogen-bond donors (Lipinski definition) is 5. The van der Waals surface area contributed by atoms with E-state index in [-0.39, 0.29) is 25.9 Å². The Labute approximate surface area is 168 Å². The van der Waals surface area contributed by atoms with Gasteiger partial charge in [0, 0.05) is 12.3 Å². The zero-order chi connectivity index (χ0) is 22.5. The molecule has 0 aliphatic carbocycles. The van der Waals surface area contributed by atoms with Gasteiger partial charge in [0.05, 0.1) is 18.8 Å². The maximum Gasteiger partial charge on any atom is 0.359 e. The Bertz CT molecular complexity index is 816. The largest absolute Gasteiger partial charge is 0.394 e. The number of H-pyrrole nitrogens is 1. The van der Waals surface area contributed by atoms with Gasteiger partial charge in [0.15, 0.2) is 11.6 Å². The molecule has 1 aromatic rings. The lowest BCUT2D eigenvalue weighted by atomic mass is 10.1. The van der Waals surface area contributed by atoms with Crippen LogP contribution in [-0.2, 0) is 13.8 Å². The van der Waals surface area contributed by atoms with Crippen LogP contribution in [0.3, 0.4) is 0 Å². The second kappa shape index (κ2) is 10.1. The van der Waals surface area contributed by atoms with Crippen LogP contribution < -0.4 is 11.2 Å². The Balaban J connectivity index is 2.89. The number of rotatable bonds is 12. The lowest BCUT2D eigenvalue weighted by Gasteiger charge is -2.36. The molecular weight excluding hydrogens is 407 g/mol. The van der Waals surface area contributed by atoms with Crippen molar-refractivity contribution in [3.8, 4) is 0 Å². The number of aliphatic hydroxyl groups is 3. The molecule has 1 unspecified atom stereocenters. The van der Waals surface area contributed by atoms with Crippen molar-refractivity contribution in [2.45, 2.75) is 70.2 Å². The number of nitrogens with zero attached hydrogens (tertiary/aromatic N) is 1. The summed E-state index contributed by atoms with van der Waals surface area (Å²) in [6.07, 6.45) is -1.51. The Morgan fingerprint density at radius 1 is 1.28 bits per heavy atom. The van der Waals surface area contributed by atoms with Crippen LogP contribution in [0.5, 0.6) is 0 Å². The molecule has 0 aliphatic heterocycles. The highest BCUT2D eigenvalue weighted by atomic mass is 31.2. The van der Waals surface area contributed by atoms with Gasteiger partial charge < -0.3 is 29.5 Å². The molecule has 0 spiro atoms. The van der Waals surface area contributed by atoms with E-state index in [0.717, 1.165) is 16.8 Å². The zero-order valence-electron chi connectivity index (χ0n) is 17.1. The molecule has 0 aliphatic rings. The van der Waals surface area contributed by atoms with Crippen molar-refractivity contribution < 1.29 is 34.0 Å². The molecule has 1 rings (SSSR count). The third-order valence-electron chi connectivity index (χ3n) is 4.66. The van der Waals surface area contributed by atoms with Crippen molar-refractivity contribution in [1.82, 2.24) is 9.55 Å². The molecular formula is C17H31N2O9P. The van der Waals surface area contributed by atoms with Crippen molar-refractivity contribution in [1.29, 1.82) is 0 Å². The van der Waals surface area contributed by atoms with Crippen LogP contribution in [0.2, 0.25) is 0 Å². The minimum Gasteiger partial charge on any atom is -0.394 e. The van der Waals surface area contributed by atoms with Crippen molar-refractivity contribution in [2.75, 3.05) is 13.2 Å². The lowest BCUT2D eigenvalue weighted by molar-refractivity contribution is -0.109. The number of ether oxygens (including phenoxy) is 1. The van der Waals surface area contributed by atoms with E-state index in [2.05, 4.69) is 0 Å². The first-order chi connectivity index (χ1) is 13.3. The van der Waals surface area contributed by atoms with Gasteiger partial charge in [0.1, 0.15) is 6.10 Å². The maximum absolute atomic E-state index is 12.6. The molecule has 0 amide bonds. The fraction of sp³-hybridized carbons (Fsp3) is 0.765. The van der Waals surface area contributed by atoms with Crippen LogP contribution >= 0.6 is 7.60 Å². The first-order valence-corrected chi connectivity index (χ1v) is 10.9. The third kappa shape index (κ3) is 6.58. The Hall–Kier alpha value is -1.33. The number of aromatic amines is 1. The van der Waals surface area contributed by atoms with E-state index in [4.69, 9.17) is 9.26 Å². The molecule has 0 radical (unpaired) electrons. The van der Waals surface area contributed by atoms with Gasteiger partial charge in [-0.15, -0.1) is 0 Å². The monoisotopic (exact) mass is 438 g/mol. The average Bonchev–Trinajstić information content (AvgIpc) is 2.63. The summed E-state index contributed by atoms with van der Waals surface area (Å²) in [6.45, 7) is 5.39. The molecule has 11 nitrogen and oxygen atoms in total. The van der Waals surface area contributed by atoms with E-state index in [1.807, 2.05) is 4.98 Å². The first kappa shape index (κ1) is 25.7. The van der Waals surface area contributed by atoms with E-state index in [9.17, 15) is 34.4 Å². The molecule has 5 N–H and O–H groups in total.